The molecule has 0 bridgehead atoms. The summed E-state index contributed by atoms with van der Waals surface area (Å²) in [6.45, 7) is 3.93. The zero-order chi connectivity index (χ0) is 14.8. The Morgan fingerprint density at radius 1 is 1.25 bits per heavy atom. The van der Waals surface area contributed by atoms with Crippen LogP contribution in [-0.2, 0) is 9.59 Å². The Labute approximate surface area is 119 Å². The molecule has 0 aliphatic heterocycles. The van der Waals surface area contributed by atoms with Crippen LogP contribution in [0.2, 0.25) is 0 Å². The highest BCUT2D eigenvalue weighted by atomic mass is 16.4. The van der Waals surface area contributed by atoms with Gasteiger partial charge in [0.2, 0.25) is 5.91 Å². The minimum Gasteiger partial charge on any atom is -0.481 e. The van der Waals surface area contributed by atoms with Crippen LogP contribution in [0.4, 0.5) is 5.69 Å². The Bertz CT molecular complexity index is 531. The summed E-state index contributed by atoms with van der Waals surface area (Å²) >= 11 is 0. The number of carbonyl (C=O) groups is 2. The van der Waals surface area contributed by atoms with Crippen molar-refractivity contribution in [1.29, 1.82) is 0 Å². The maximum Gasteiger partial charge on any atom is 0.310 e. The molecule has 2 rings (SSSR count). The maximum atomic E-state index is 12.1. The van der Waals surface area contributed by atoms with Crippen molar-refractivity contribution in [3.8, 4) is 0 Å². The summed E-state index contributed by atoms with van der Waals surface area (Å²) in [4.78, 5) is 23.6. The Balaban J connectivity index is 2.07. The molecule has 0 aromatic heterocycles. The van der Waals surface area contributed by atoms with Crippen LogP contribution in [0.1, 0.15) is 43.2 Å². The Hall–Kier alpha value is -1.84. The molecular weight excluding hydrogens is 254 g/mol. The first-order valence-corrected chi connectivity index (χ1v) is 7.03. The molecule has 1 aromatic rings. The van der Waals surface area contributed by atoms with Crippen LogP contribution < -0.4 is 5.32 Å². The fraction of sp³-hybridized carbons (Fsp3) is 0.500. The Morgan fingerprint density at radius 2 is 1.90 bits per heavy atom. The minimum absolute atomic E-state index is 0.0651. The van der Waals surface area contributed by atoms with Gasteiger partial charge in [0, 0.05) is 12.1 Å². The zero-order valence-electron chi connectivity index (χ0n) is 12.0. The molecule has 0 unspecified atom stereocenters. The lowest BCUT2D eigenvalue weighted by Crippen LogP contribution is -2.32. The van der Waals surface area contributed by atoms with E-state index in [1.54, 1.807) is 0 Å². The first kappa shape index (κ1) is 14.6. The zero-order valence-corrected chi connectivity index (χ0v) is 12.0. The van der Waals surface area contributed by atoms with Crippen LogP contribution in [0.15, 0.2) is 18.2 Å². The van der Waals surface area contributed by atoms with E-state index < -0.39 is 11.4 Å². The van der Waals surface area contributed by atoms with Crippen molar-refractivity contribution in [1.82, 2.24) is 0 Å². The van der Waals surface area contributed by atoms with Gasteiger partial charge in [0.25, 0.3) is 0 Å². The van der Waals surface area contributed by atoms with Gasteiger partial charge in [-0.1, -0.05) is 30.5 Å². The molecule has 2 N–H and O–H groups in total. The molecule has 1 saturated carbocycles. The van der Waals surface area contributed by atoms with Crippen molar-refractivity contribution in [3.63, 3.8) is 0 Å². The Morgan fingerprint density at radius 3 is 2.45 bits per heavy atom. The quantitative estimate of drug-likeness (QED) is 0.886. The van der Waals surface area contributed by atoms with Crippen LogP contribution >= 0.6 is 0 Å². The number of nitrogens with one attached hydrogen (secondary N) is 1. The highest BCUT2D eigenvalue weighted by Crippen LogP contribution is 2.41. The molecule has 0 saturated heterocycles. The maximum absolute atomic E-state index is 12.1. The molecule has 108 valence electrons. The fourth-order valence-corrected chi connectivity index (χ4v) is 2.97. The van der Waals surface area contributed by atoms with Gasteiger partial charge in [-0.2, -0.15) is 0 Å². The van der Waals surface area contributed by atoms with Crippen molar-refractivity contribution in [3.05, 3.63) is 29.3 Å². The summed E-state index contributed by atoms with van der Waals surface area (Å²) in [5, 5.41) is 12.2. The van der Waals surface area contributed by atoms with E-state index in [1.807, 2.05) is 32.0 Å². The molecule has 20 heavy (non-hydrogen) atoms. The number of benzene rings is 1. The van der Waals surface area contributed by atoms with Gasteiger partial charge in [-0.25, -0.2) is 0 Å². The smallest absolute Gasteiger partial charge is 0.310 e. The van der Waals surface area contributed by atoms with E-state index >= 15 is 0 Å². The molecule has 1 aliphatic carbocycles. The number of rotatable bonds is 4. The second-order valence-electron chi connectivity index (χ2n) is 5.84. The molecule has 4 heteroatoms. The van der Waals surface area contributed by atoms with Gasteiger partial charge in [0.1, 0.15) is 0 Å². The van der Waals surface area contributed by atoms with Crippen LogP contribution in [-0.4, -0.2) is 17.0 Å². The van der Waals surface area contributed by atoms with E-state index in [-0.39, 0.29) is 12.3 Å². The summed E-state index contributed by atoms with van der Waals surface area (Å²) < 4.78 is 0. The third kappa shape index (κ3) is 3.00. The normalized spacial score (nSPS) is 16.9. The number of carbonyl (C=O) groups excluding carboxylic acids is 1. The molecule has 1 fully saturated rings. The monoisotopic (exact) mass is 275 g/mol. The fourth-order valence-electron chi connectivity index (χ4n) is 2.97. The number of aliphatic carboxylic acids is 1. The standard InChI is InChI=1S/C16H21NO3/c1-11-5-6-13(12(2)9-11)17-14(18)10-16(15(19)20)7-3-4-8-16/h5-6,9H,3-4,7-8,10H2,1-2H3,(H,17,18)(H,19,20). The van der Waals surface area contributed by atoms with E-state index in [9.17, 15) is 14.7 Å². The first-order valence-electron chi connectivity index (χ1n) is 7.03. The average Bonchev–Trinajstić information content (AvgIpc) is 2.82. The minimum atomic E-state index is -0.858. The average molecular weight is 275 g/mol. The van der Waals surface area contributed by atoms with Gasteiger partial charge < -0.3 is 10.4 Å². The van der Waals surface area contributed by atoms with Crippen LogP contribution in [0, 0.1) is 19.3 Å². The summed E-state index contributed by atoms with van der Waals surface area (Å²) in [5.41, 5.74) is 2.04. The number of hydrogen-bond acceptors (Lipinski definition) is 2. The summed E-state index contributed by atoms with van der Waals surface area (Å²) in [5.74, 6) is -1.05. The van der Waals surface area contributed by atoms with Crippen LogP contribution in [0.25, 0.3) is 0 Å². The van der Waals surface area contributed by atoms with Gasteiger partial charge >= 0.3 is 5.97 Å². The topological polar surface area (TPSA) is 66.4 Å². The van der Waals surface area contributed by atoms with E-state index in [0.717, 1.165) is 29.7 Å². The second kappa shape index (κ2) is 5.65. The van der Waals surface area contributed by atoms with Crippen molar-refractivity contribution >= 4 is 17.6 Å². The highest BCUT2D eigenvalue weighted by Gasteiger charge is 2.42. The summed E-state index contributed by atoms with van der Waals surface area (Å²) in [6, 6.07) is 5.80. The molecule has 0 spiro atoms. The van der Waals surface area contributed by atoms with Crippen molar-refractivity contribution in [2.45, 2.75) is 46.0 Å². The molecular formula is C16H21NO3. The van der Waals surface area contributed by atoms with Crippen molar-refractivity contribution < 1.29 is 14.7 Å². The van der Waals surface area contributed by atoms with Crippen molar-refractivity contribution in [2.75, 3.05) is 5.32 Å². The number of amides is 1. The molecule has 1 amide bonds. The third-order valence-corrected chi connectivity index (χ3v) is 4.17. The van der Waals surface area contributed by atoms with E-state index in [4.69, 9.17) is 0 Å². The first-order chi connectivity index (χ1) is 9.43. The SMILES string of the molecule is Cc1ccc(NC(=O)CC2(C(=O)O)CCCC2)c(C)c1. The molecule has 1 aliphatic rings. The van der Waals surface area contributed by atoms with Crippen LogP contribution in [0.5, 0.6) is 0 Å². The van der Waals surface area contributed by atoms with E-state index in [0.29, 0.717) is 12.8 Å². The number of anilines is 1. The lowest BCUT2D eigenvalue weighted by molar-refractivity contribution is -0.150. The lowest BCUT2D eigenvalue weighted by Gasteiger charge is -2.23. The van der Waals surface area contributed by atoms with Gasteiger partial charge in [0.05, 0.1) is 5.41 Å². The van der Waals surface area contributed by atoms with E-state index in [2.05, 4.69) is 5.32 Å². The number of carboxylic acid groups (broad SMARTS) is 1. The number of hydrogen-bond donors (Lipinski definition) is 2. The van der Waals surface area contributed by atoms with Crippen molar-refractivity contribution in [2.24, 2.45) is 5.41 Å². The van der Waals surface area contributed by atoms with Gasteiger partial charge in [-0.05, 0) is 38.3 Å². The van der Waals surface area contributed by atoms with Crippen LogP contribution in [0.3, 0.4) is 0 Å². The second-order valence-corrected chi connectivity index (χ2v) is 5.84. The van der Waals surface area contributed by atoms with E-state index in [1.165, 1.54) is 0 Å². The lowest BCUT2D eigenvalue weighted by atomic mass is 9.82. The number of carboxylic acids is 1. The molecule has 4 nitrogen and oxygen atoms in total. The largest absolute Gasteiger partial charge is 0.481 e. The highest BCUT2D eigenvalue weighted by molar-refractivity contribution is 5.95. The summed E-state index contributed by atoms with van der Waals surface area (Å²) in [6.07, 6.45) is 3.05. The molecule has 0 heterocycles. The third-order valence-electron chi connectivity index (χ3n) is 4.17. The number of aryl methyl sites for hydroxylation is 2. The molecule has 0 radical (unpaired) electrons. The molecule has 0 atom stereocenters. The van der Waals surface area contributed by atoms with Gasteiger partial charge in [-0.15, -0.1) is 0 Å². The Kier molecular flexibility index (Phi) is 4.12. The van der Waals surface area contributed by atoms with Gasteiger partial charge in [-0.3, -0.25) is 9.59 Å². The summed E-state index contributed by atoms with van der Waals surface area (Å²) in [7, 11) is 0. The predicted octanol–water partition coefficient (Wildman–Crippen LogP) is 3.28. The predicted molar refractivity (Wildman–Crippen MR) is 77.7 cm³/mol. The molecule has 1 aromatic carbocycles. The van der Waals surface area contributed by atoms with Gasteiger partial charge in [0.15, 0.2) is 0 Å².